The van der Waals surface area contributed by atoms with Gasteiger partial charge in [0.2, 0.25) is 5.95 Å². The number of fused-ring (bicyclic) bond motifs is 1. The van der Waals surface area contributed by atoms with Crippen LogP contribution >= 0.6 is 0 Å². The molecule has 2 N–H and O–H groups in total. The van der Waals surface area contributed by atoms with Gasteiger partial charge in [-0.2, -0.15) is 4.98 Å². The van der Waals surface area contributed by atoms with E-state index in [4.69, 9.17) is 0 Å². The molecule has 0 atom stereocenters. The summed E-state index contributed by atoms with van der Waals surface area (Å²) in [4.78, 5) is 13.5. The van der Waals surface area contributed by atoms with E-state index >= 15 is 0 Å². The quantitative estimate of drug-likeness (QED) is 0.756. The highest BCUT2D eigenvalue weighted by Crippen LogP contribution is 2.24. The van der Waals surface area contributed by atoms with Crippen LogP contribution in [0.4, 0.5) is 17.5 Å². The largest absolute Gasteiger partial charge is 0.350 e. The Morgan fingerprint density at radius 1 is 1.00 bits per heavy atom. The van der Waals surface area contributed by atoms with Crippen LogP contribution in [0, 0.1) is 6.92 Å². The Balaban J connectivity index is 1.96. The molecule has 3 aromatic rings. The third-order valence-corrected chi connectivity index (χ3v) is 3.24. The smallest absolute Gasteiger partial charge is 0.225 e. The minimum absolute atomic E-state index is 0.0912. The second kappa shape index (κ2) is 5.83. The molecule has 23 heavy (non-hydrogen) atoms. The summed E-state index contributed by atoms with van der Waals surface area (Å²) in [6.07, 6.45) is 1.80. The van der Waals surface area contributed by atoms with E-state index in [1.54, 1.807) is 6.20 Å². The molecule has 0 radical (unpaired) electrons. The minimum Gasteiger partial charge on any atom is -0.350 e. The molecule has 0 fully saturated rings. The molecule has 118 valence electrons. The van der Waals surface area contributed by atoms with Gasteiger partial charge < -0.3 is 10.6 Å². The van der Waals surface area contributed by atoms with Crippen LogP contribution in [0.2, 0.25) is 0 Å². The van der Waals surface area contributed by atoms with Crippen molar-refractivity contribution in [1.29, 1.82) is 0 Å². The number of benzene rings is 1. The van der Waals surface area contributed by atoms with Gasteiger partial charge in [0.1, 0.15) is 5.82 Å². The summed E-state index contributed by atoms with van der Waals surface area (Å²) in [5.74, 6) is 1.37. The van der Waals surface area contributed by atoms with E-state index in [1.165, 1.54) is 0 Å². The summed E-state index contributed by atoms with van der Waals surface area (Å²) in [5.41, 5.74) is 2.67. The van der Waals surface area contributed by atoms with Crippen LogP contribution < -0.4 is 10.6 Å². The van der Waals surface area contributed by atoms with Crippen LogP contribution in [0.5, 0.6) is 0 Å². The van der Waals surface area contributed by atoms with Crippen LogP contribution in [0.3, 0.4) is 0 Å². The number of aromatic nitrogens is 3. The van der Waals surface area contributed by atoms with Crippen LogP contribution in [-0.2, 0) is 0 Å². The van der Waals surface area contributed by atoms with E-state index in [-0.39, 0.29) is 5.54 Å². The van der Waals surface area contributed by atoms with Crippen molar-refractivity contribution in [3.63, 3.8) is 0 Å². The van der Waals surface area contributed by atoms with Gasteiger partial charge in [-0.05, 0) is 39.8 Å². The number of pyridine rings is 1. The van der Waals surface area contributed by atoms with Gasteiger partial charge in [0.15, 0.2) is 0 Å². The van der Waals surface area contributed by atoms with E-state index in [9.17, 15) is 0 Å². The van der Waals surface area contributed by atoms with E-state index in [1.807, 2.05) is 43.3 Å². The first-order valence-corrected chi connectivity index (χ1v) is 7.65. The van der Waals surface area contributed by atoms with Gasteiger partial charge in [-0.25, -0.2) is 4.98 Å². The Hall–Kier alpha value is -2.69. The Bertz CT molecular complexity index is 831. The first-order valence-electron chi connectivity index (χ1n) is 7.65. The number of nitrogens with zero attached hydrogens (tertiary/aromatic N) is 3. The Labute approximate surface area is 136 Å². The van der Waals surface area contributed by atoms with E-state index in [0.29, 0.717) is 5.95 Å². The summed E-state index contributed by atoms with van der Waals surface area (Å²) in [7, 11) is 0. The van der Waals surface area contributed by atoms with Crippen molar-refractivity contribution in [2.45, 2.75) is 33.2 Å². The van der Waals surface area contributed by atoms with Crippen LogP contribution in [0.1, 0.15) is 26.5 Å². The molecule has 0 bridgehead atoms. The third-order valence-electron chi connectivity index (χ3n) is 3.24. The summed E-state index contributed by atoms with van der Waals surface area (Å²) >= 11 is 0. The SMILES string of the molecule is Cc1cc(Nc2cccc3cccnc23)nc(NC(C)(C)C)n1. The summed E-state index contributed by atoms with van der Waals surface area (Å²) in [5, 5.41) is 7.76. The molecule has 0 aliphatic carbocycles. The van der Waals surface area contributed by atoms with Gasteiger partial charge in [-0.3, -0.25) is 4.98 Å². The first kappa shape index (κ1) is 15.2. The predicted octanol–water partition coefficient (Wildman–Crippen LogP) is 4.29. The van der Waals surface area contributed by atoms with Crippen molar-refractivity contribution in [2.75, 3.05) is 10.6 Å². The monoisotopic (exact) mass is 307 g/mol. The lowest BCUT2D eigenvalue weighted by Crippen LogP contribution is -2.27. The lowest BCUT2D eigenvalue weighted by Gasteiger charge is -2.21. The third kappa shape index (κ3) is 3.74. The predicted molar refractivity (Wildman–Crippen MR) is 95.2 cm³/mol. The van der Waals surface area contributed by atoms with Gasteiger partial charge in [0.05, 0.1) is 11.2 Å². The standard InChI is InChI=1S/C18H21N5/c1-12-11-15(22-17(20-12)23-18(2,3)4)21-14-9-5-7-13-8-6-10-19-16(13)14/h5-11H,1-4H3,(H2,20,21,22,23). The first-order chi connectivity index (χ1) is 10.9. The molecule has 0 amide bonds. The number of rotatable bonds is 3. The van der Waals surface area contributed by atoms with Crippen molar-refractivity contribution < 1.29 is 0 Å². The van der Waals surface area contributed by atoms with E-state index in [2.05, 4.69) is 46.4 Å². The molecule has 5 heteroatoms. The zero-order valence-corrected chi connectivity index (χ0v) is 13.9. The normalized spacial score (nSPS) is 11.5. The fourth-order valence-corrected chi connectivity index (χ4v) is 2.37. The number of anilines is 3. The number of para-hydroxylation sites is 1. The zero-order valence-electron chi connectivity index (χ0n) is 13.9. The average Bonchev–Trinajstić information content (AvgIpc) is 2.45. The average molecular weight is 307 g/mol. The second-order valence-electron chi connectivity index (χ2n) is 6.60. The molecule has 0 aliphatic heterocycles. The second-order valence-corrected chi connectivity index (χ2v) is 6.60. The maximum atomic E-state index is 4.56. The highest BCUT2D eigenvalue weighted by atomic mass is 15.2. The van der Waals surface area contributed by atoms with Gasteiger partial charge >= 0.3 is 0 Å². The fraction of sp³-hybridized carbons (Fsp3) is 0.278. The number of aryl methyl sites for hydroxylation is 1. The Morgan fingerprint density at radius 2 is 1.78 bits per heavy atom. The highest BCUT2D eigenvalue weighted by Gasteiger charge is 2.12. The van der Waals surface area contributed by atoms with E-state index in [0.717, 1.165) is 28.1 Å². The minimum atomic E-state index is -0.0912. The van der Waals surface area contributed by atoms with Gasteiger partial charge in [0.25, 0.3) is 0 Å². The molecule has 0 aliphatic rings. The van der Waals surface area contributed by atoms with Crippen molar-refractivity contribution >= 4 is 28.4 Å². The lowest BCUT2D eigenvalue weighted by molar-refractivity contribution is 0.625. The van der Waals surface area contributed by atoms with Crippen molar-refractivity contribution in [2.24, 2.45) is 0 Å². The number of hydrogen-bond acceptors (Lipinski definition) is 5. The maximum absolute atomic E-state index is 4.56. The molecule has 0 unspecified atom stereocenters. The van der Waals surface area contributed by atoms with Gasteiger partial charge in [0, 0.05) is 28.9 Å². The van der Waals surface area contributed by atoms with Crippen LogP contribution in [0.25, 0.3) is 10.9 Å². The molecule has 2 heterocycles. The molecule has 0 spiro atoms. The van der Waals surface area contributed by atoms with Gasteiger partial charge in [-0.15, -0.1) is 0 Å². The number of hydrogen-bond donors (Lipinski definition) is 2. The molecular formula is C18H21N5. The van der Waals surface area contributed by atoms with Crippen molar-refractivity contribution in [1.82, 2.24) is 15.0 Å². The molecule has 2 aromatic heterocycles. The van der Waals surface area contributed by atoms with Crippen LogP contribution in [0.15, 0.2) is 42.6 Å². The number of nitrogens with one attached hydrogen (secondary N) is 2. The Kier molecular flexibility index (Phi) is 3.86. The summed E-state index contributed by atoms with van der Waals surface area (Å²) in [6.45, 7) is 8.21. The lowest BCUT2D eigenvalue weighted by atomic mass is 10.1. The zero-order chi connectivity index (χ0) is 16.4. The molecule has 0 saturated carbocycles. The van der Waals surface area contributed by atoms with Crippen LogP contribution in [-0.4, -0.2) is 20.5 Å². The maximum Gasteiger partial charge on any atom is 0.225 e. The molecule has 1 aromatic carbocycles. The van der Waals surface area contributed by atoms with E-state index < -0.39 is 0 Å². The summed E-state index contributed by atoms with van der Waals surface area (Å²) in [6, 6.07) is 12.0. The highest BCUT2D eigenvalue weighted by molar-refractivity contribution is 5.91. The van der Waals surface area contributed by atoms with Gasteiger partial charge in [-0.1, -0.05) is 18.2 Å². The Morgan fingerprint density at radius 3 is 2.57 bits per heavy atom. The molecule has 5 nitrogen and oxygen atoms in total. The topological polar surface area (TPSA) is 62.7 Å². The van der Waals surface area contributed by atoms with Crippen molar-refractivity contribution in [3.8, 4) is 0 Å². The molecular weight excluding hydrogens is 286 g/mol. The summed E-state index contributed by atoms with van der Waals surface area (Å²) < 4.78 is 0. The molecule has 3 rings (SSSR count). The van der Waals surface area contributed by atoms with Crippen molar-refractivity contribution in [3.05, 3.63) is 48.3 Å². The molecule has 0 saturated heterocycles. The fourth-order valence-electron chi connectivity index (χ4n) is 2.37.